The van der Waals surface area contributed by atoms with Crippen LogP contribution in [0.2, 0.25) is 0 Å². The van der Waals surface area contributed by atoms with Crippen molar-refractivity contribution in [3.8, 4) is 0 Å². The van der Waals surface area contributed by atoms with Crippen molar-refractivity contribution in [2.24, 2.45) is 0 Å². The molecule has 4 nitrogen and oxygen atoms in total. The van der Waals surface area contributed by atoms with Crippen molar-refractivity contribution in [2.45, 2.75) is 6.42 Å². The zero-order chi connectivity index (χ0) is 14.5. The highest BCUT2D eigenvalue weighted by molar-refractivity contribution is 5.46. The molecular formula is C14H12F2N2O2. The molecule has 0 radical (unpaired) electrons. The minimum absolute atomic E-state index is 0.0222. The van der Waals surface area contributed by atoms with Crippen LogP contribution in [0.15, 0.2) is 42.5 Å². The Hall–Kier alpha value is -2.50. The summed E-state index contributed by atoms with van der Waals surface area (Å²) in [6, 6.07) is 9.45. The lowest BCUT2D eigenvalue weighted by molar-refractivity contribution is -0.385. The van der Waals surface area contributed by atoms with E-state index in [9.17, 15) is 18.9 Å². The van der Waals surface area contributed by atoms with Crippen molar-refractivity contribution in [2.75, 3.05) is 11.9 Å². The average molecular weight is 278 g/mol. The fourth-order valence-corrected chi connectivity index (χ4v) is 1.87. The van der Waals surface area contributed by atoms with E-state index in [1.165, 1.54) is 6.07 Å². The minimum Gasteiger partial charge on any atom is -0.382 e. The molecule has 0 aliphatic rings. The fraction of sp³-hybridized carbons (Fsp3) is 0.143. The Morgan fingerprint density at radius 2 is 1.90 bits per heavy atom. The van der Waals surface area contributed by atoms with Gasteiger partial charge in [-0.3, -0.25) is 10.1 Å². The largest absolute Gasteiger partial charge is 0.382 e. The molecule has 0 saturated heterocycles. The van der Waals surface area contributed by atoms with E-state index < -0.39 is 16.6 Å². The summed E-state index contributed by atoms with van der Waals surface area (Å²) >= 11 is 0. The average Bonchev–Trinajstić information content (AvgIpc) is 2.43. The maximum atomic E-state index is 13.4. The number of para-hydroxylation sites is 1. The second-order valence-corrected chi connectivity index (χ2v) is 4.19. The second kappa shape index (κ2) is 6.10. The SMILES string of the molecule is O=[N+]([O-])c1ccccc1CCNc1cc(F)ccc1F. The van der Waals surface area contributed by atoms with Gasteiger partial charge in [0.05, 0.1) is 10.6 Å². The van der Waals surface area contributed by atoms with E-state index in [0.29, 0.717) is 12.0 Å². The number of nitrogens with one attached hydrogen (secondary N) is 1. The lowest BCUT2D eigenvalue weighted by atomic mass is 10.1. The van der Waals surface area contributed by atoms with E-state index in [-0.39, 0.29) is 17.9 Å². The zero-order valence-electron chi connectivity index (χ0n) is 10.5. The molecule has 104 valence electrons. The fourth-order valence-electron chi connectivity index (χ4n) is 1.87. The van der Waals surface area contributed by atoms with Crippen LogP contribution in [0.1, 0.15) is 5.56 Å². The van der Waals surface area contributed by atoms with Gasteiger partial charge in [-0.25, -0.2) is 8.78 Å². The number of hydrogen-bond acceptors (Lipinski definition) is 3. The van der Waals surface area contributed by atoms with Crippen LogP contribution in [-0.2, 0) is 6.42 Å². The highest BCUT2D eigenvalue weighted by Gasteiger charge is 2.12. The number of hydrogen-bond donors (Lipinski definition) is 1. The molecule has 0 saturated carbocycles. The number of rotatable bonds is 5. The van der Waals surface area contributed by atoms with Crippen LogP contribution >= 0.6 is 0 Å². The van der Waals surface area contributed by atoms with Gasteiger partial charge in [0.25, 0.3) is 5.69 Å². The lowest BCUT2D eigenvalue weighted by Crippen LogP contribution is -2.08. The molecule has 0 aliphatic carbocycles. The normalized spacial score (nSPS) is 10.3. The van der Waals surface area contributed by atoms with Gasteiger partial charge in [0.1, 0.15) is 11.6 Å². The summed E-state index contributed by atoms with van der Waals surface area (Å²) in [5.74, 6) is -1.10. The van der Waals surface area contributed by atoms with Gasteiger partial charge < -0.3 is 5.32 Å². The van der Waals surface area contributed by atoms with E-state index >= 15 is 0 Å². The third kappa shape index (κ3) is 3.28. The van der Waals surface area contributed by atoms with Gasteiger partial charge in [-0.15, -0.1) is 0 Å². The van der Waals surface area contributed by atoms with Gasteiger partial charge in [-0.2, -0.15) is 0 Å². The number of nitro groups is 1. The lowest BCUT2D eigenvalue weighted by Gasteiger charge is -2.08. The smallest absolute Gasteiger partial charge is 0.272 e. The molecule has 0 spiro atoms. The number of halogens is 2. The molecular weight excluding hydrogens is 266 g/mol. The van der Waals surface area contributed by atoms with Crippen molar-refractivity contribution in [3.05, 3.63) is 69.8 Å². The molecule has 1 N–H and O–H groups in total. The predicted octanol–water partition coefficient (Wildman–Crippen LogP) is 3.53. The van der Waals surface area contributed by atoms with Gasteiger partial charge in [0, 0.05) is 18.2 Å². The van der Waals surface area contributed by atoms with E-state index in [1.54, 1.807) is 18.2 Å². The molecule has 0 aliphatic heterocycles. The van der Waals surface area contributed by atoms with Crippen LogP contribution in [0.4, 0.5) is 20.2 Å². The maximum Gasteiger partial charge on any atom is 0.272 e. The maximum absolute atomic E-state index is 13.4. The van der Waals surface area contributed by atoms with Crippen LogP contribution in [0, 0.1) is 21.7 Å². The van der Waals surface area contributed by atoms with Crippen LogP contribution in [-0.4, -0.2) is 11.5 Å². The molecule has 0 heterocycles. The topological polar surface area (TPSA) is 55.2 Å². The first kappa shape index (κ1) is 13.9. The summed E-state index contributed by atoms with van der Waals surface area (Å²) in [4.78, 5) is 10.4. The van der Waals surface area contributed by atoms with E-state index in [2.05, 4.69) is 5.32 Å². The molecule has 0 unspecified atom stereocenters. The molecule has 20 heavy (non-hydrogen) atoms. The van der Waals surface area contributed by atoms with Crippen LogP contribution < -0.4 is 5.32 Å². The highest BCUT2D eigenvalue weighted by atomic mass is 19.1. The predicted molar refractivity (Wildman–Crippen MR) is 71.6 cm³/mol. The summed E-state index contributed by atoms with van der Waals surface area (Å²) in [5, 5.41) is 13.6. The molecule has 0 fully saturated rings. The molecule has 2 aromatic rings. The molecule has 0 atom stereocenters. The molecule has 0 bridgehead atoms. The first-order valence-corrected chi connectivity index (χ1v) is 5.99. The monoisotopic (exact) mass is 278 g/mol. The zero-order valence-corrected chi connectivity index (χ0v) is 10.5. The summed E-state index contributed by atoms with van der Waals surface area (Å²) in [6.45, 7) is 0.269. The third-order valence-corrected chi connectivity index (χ3v) is 2.83. The van der Waals surface area contributed by atoms with Crippen molar-refractivity contribution >= 4 is 11.4 Å². The van der Waals surface area contributed by atoms with Gasteiger partial charge in [0.15, 0.2) is 0 Å². The Morgan fingerprint density at radius 1 is 1.15 bits per heavy atom. The summed E-state index contributed by atoms with van der Waals surface area (Å²) in [6.07, 6.45) is 0.340. The number of nitro benzene ring substituents is 1. The highest BCUT2D eigenvalue weighted by Crippen LogP contribution is 2.19. The van der Waals surface area contributed by atoms with Gasteiger partial charge in [-0.05, 0) is 24.6 Å². The van der Waals surface area contributed by atoms with Crippen molar-refractivity contribution in [1.82, 2.24) is 0 Å². The first-order chi connectivity index (χ1) is 9.58. The molecule has 2 aromatic carbocycles. The van der Waals surface area contributed by atoms with Gasteiger partial charge >= 0.3 is 0 Å². The Kier molecular flexibility index (Phi) is 4.24. The summed E-state index contributed by atoms with van der Waals surface area (Å²) in [5.41, 5.74) is 0.611. The molecule has 6 heteroatoms. The number of anilines is 1. The summed E-state index contributed by atoms with van der Waals surface area (Å²) in [7, 11) is 0. The van der Waals surface area contributed by atoms with Gasteiger partial charge in [0.2, 0.25) is 0 Å². The Morgan fingerprint density at radius 3 is 2.65 bits per heavy atom. The van der Waals surface area contributed by atoms with Crippen molar-refractivity contribution in [1.29, 1.82) is 0 Å². The van der Waals surface area contributed by atoms with E-state index in [1.807, 2.05) is 0 Å². The van der Waals surface area contributed by atoms with Crippen LogP contribution in [0.25, 0.3) is 0 Å². The van der Waals surface area contributed by atoms with E-state index in [0.717, 1.165) is 18.2 Å². The van der Waals surface area contributed by atoms with Crippen molar-refractivity contribution < 1.29 is 13.7 Å². The number of nitrogens with zero attached hydrogens (tertiary/aromatic N) is 1. The van der Waals surface area contributed by atoms with Crippen molar-refractivity contribution in [3.63, 3.8) is 0 Å². The number of benzene rings is 2. The third-order valence-electron chi connectivity index (χ3n) is 2.83. The minimum atomic E-state index is -0.561. The van der Waals surface area contributed by atoms with Gasteiger partial charge in [-0.1, -0.05) is 18.2 Å². The quantitative estimate of drug-likeness (QED) is 0.672. The molecule has 2 rings (SSSR count). The first-order valence-electron chi connectivity index (χ1n) is 5.99. The Bertz CT molecular complexity index is 632. The standard InChI is InChI=1S/C14H12F2N2O2/c15-11-5-6-12(16)13(9-11)17-8-7-10-3-1-2-4-14(10)18(19)20/h1-6,9,17H,7-8H2. The molecule has 0 amide bonds. The Balaban J connectivity index is 2.03. The van der Waals surface area contributed by atoms with Crippen LogP contribution in [0.5, 0.6) is 0 Å². The second-order valence-electron chi connectivity index (χ2n) is 4.19. The van der Waals surface area contributed by atoms with Crippen LogP contribution in [0.3, 0.4) is 0 Å². The molecule has 0 aromatic heterocycles. The summed E-state index contributed by atoms with van der Waals surface area (Å²) < 4.78 is 26.3. The van der Waals surface area contributed by atoms with E-state index in [4.69, 9.17) is 0 Å². The Labute approximate surface area is 114 Å².